The van der Waals surface area contributed by atoms with Gasteiger partial charge in [0.1, 0.15) is 11.5 Å². The Hall–Kier alpha value is -2.49. The van der Waals surface area contributed by atoms with E-state index in [1.165, 1.54) is 0 Å². The maximum Gasteiger partial charge on any atom is 0.255 e. The topological polar surface area (TPSA) is 47.6 Å². The third-order valence-electron chi connectivity index (χ3n) is 3.91. The average molecular weight is 341 g/mol. The molecule has 4 nitrogen and oxygen atoms in total. The van der Waals surface area contributed by atoms with Gasteiger partial charge in [-0.05, 0) is 68.3 Å². The summed E-state index contributed by atoms with van der Waals surface area (Å²) in [6.07, 6.45) is 3.25. The van der Waals surface area contributed by atoms with Crippen LogP contribution in [0, 0.1) is 0 Å². The van der Waals surface area contributed by atoms with Crippen molar-refractivity contribution in [1.82, 2.24) is 0 Å². The van der Waals surface area contributed by atoms with E-state index in [1.54, 1.807) is 12.1 Å². The van der Waals surface area contributed by atoms with Crippen molar-refractivity contribution in [2.75, 3.05) is 11.9 Å². The van der Waals surface area contributed by atoms with Crippen LogP contribution in [0.5, 0.6) is 11.5 Å². The number of carbonyl (C=O) groups excluding carboxylic acids is 1. The van der Waals surface area contributed by atoms with Gasteiger partial charge in [-0.3, -0.25) is 4.79 Å². The lowest BCUT2D eigenvalue weighted by atomic mass is 10.2. The number of anilines is 1. The highest BCUT2D eigenvalue weighted by atomic mass is 16.5. The van der Waals surface area contributed by atoms with Crippen molar-refractivity contribution in [1.29, 1.82) is 0 Å². The molecule has 0 aliphatic rings. The first-order chi connectivity index (χ1) is 12.1. The number of carbonyl (C=O) groups is 1. The van der Waals surface area contributed by atoms with Crippen LogP contribution < -0.4 is 14.8 Å². The smallest absolute Gasteiger partial charge is 0.255 e. The SMILES string of the molecule is CCCCOc1ccc(NC(=O)c2ccc(OC(C)CC)cc2)cc1. The molecular formula is C21H27NO3. The number of amides is 1. The van der Waals surface area contributed by atoms with Crippen molar-refractivity contribution < 1.29 is 14.3 Å². The molecule has 0 fully saturated rings. The van der Waals surface area contributed by atoms with Gasteiger partial charge < -0.3 is 14.8 Å². The number of unbranched alkanes of at least 4 members (excludes halogenated alkanes) is 1. The number of hydrogen-bond donors (Lipinski definition) is 1. The van der Waals surface area contributed by atoms with Gasteiger partial charge in [0.15, 0.2) is 0 Å². The third-order valence-corrected chi connectivity index (χ3v) is 3.91. The van der Waals surface area contributed by atoms with E-state index >= 15 is 0 Å². The molecule has 0 aliphatic carbocycles. The molecule has 4 heteroatoms. The fourth-order valence-corrected chi connectivity index (χ4v) is 2.17. The van der Waals surface area contributed by atoms with Crippen LogP contribution in [0.1, 0.15) is 50.4 Å². The lowest BCUT2D eigenvalue weighted by Crippen LogP contribution is -2.12. The van der Waals surface area contributed by atoms with Crippen molar-refractivity contribution in [2.24, 2.45) is 0 Å². The summed E-state index contributed by atoms with van der Waals surface area (Å²) in [5.74, 6) is 1.45. The van der Waals surface area contributed by atoms with Crippen LogP contribution in [0.25, 0.3) is 0 Å². The fourth-order valence-electron chi connectivity index (χ4n) is 2.17. The summed E-state index contributed by atoms with van der Waals surface area (Å²) in [7, 11) is 0. The summed E-state index contributed by atoms with van der Waals surface area (Å²) in [6, 6.07) is 14.6. The minimum Gasteiger partial charge on any atom is -0.494 e. The number of benzene rings is 2. The van der Waals surface area contributed by atoms with Crippen LogP contribution in [0.2, 0.25) is 0 Å². The van der Waals surface area contributed by atoms with Crippen LogP contribution in [-0.4, -0.2) is 18.6 Å². The molecule has 1 atom stereocenters. The molecule has 0 heterocycles. The number of ether oxygens (including phenoxy) is 2. The van der Waals surface area contributed by atoms with Crippen molar-refractivity contribution >= 4 is 11.6 Å². The molecule has 0 saturated heterocycles. The molecular weight excluding hydrogens is 314 g/mol. The first kappa shape index (κ1) is 18.8. The van der Waals surface area contributed by atoms with Crippen molar-refractivity contribution in [3.05, 3.63) is 54.1 Å². The predicted molar refractivity (Wildman–Crippen MR) is 102 cm³/mol. The van der Waals surface area contributed by atoms with Gasteiger partial charge in [0.2, 0.25) is 0 Å². The molecule has 2 aromatic rings. The van der Waals surface area contributed by atoms with Gasteiger partial charge in [-0.25, -0.2) is 0 Å². The number of hydrogen-bond acceptors (Lipinski definition) is 3. The monoisotopic (exact) mass is 341 g/mol. The summed E-state index contributed by atoms with van der Waals surface area (Å²) in [5, 5.41) is 2.89. The molecule has 0 aliphatic heterocycles. The quantitative estimate of drug-likeness (QED) is 0.630. The Bertz CT molecular complexity index is 650. The van der Waals surface area contributed by atoms with Gasteiger partial charge in [-0.15, -0.1) is 0 Å². The van der Waals surface area contributed by atoms with E-state index in [9.17, 15) is 4.79 Å². The van der Waals surface area contributed by atoms with Gasteiger partial charge in [-0.2, -0.15) is 0 Å². The Labute approximate surface area is 150 Å². The first-order valence-corrected chi connectivity index (χ1v) is 8.93. The van der Waals surface area contributed by atoms with Gasteiger partial charge >= 0.3 is 0 Å². The molecule has 0 aromatic heterocycles. The Balaban J connectivity index is 1.90. The second-order valence-corrected chi connectivity index (χ2v) is 6.04. The zero-order valence-corrected chi connectivity index (χ0v) is 15.2. The van der Waals surface area contributed by atoms with Crippen molar-refractivity contribution in [3.63, 3.8) is 0 Å². The number of rotatable bonds is 9. The third kappa shape index (κ3) is 6.14. The minimum atomic E-state index is -0.144. The Morgan fingerprint density at radius 3 is 2.24 bits per heavy atom. The predicted octanol–water partition coefficient (Wildman–Crippen LogP) is 5.30. The Kier molecular flexibility index (Phi) is 7.33. The largest absolute Gasteiger partial charge is 0.494 e. The standard InChI is InChI=1S/C21H27NO3/c1-4-6-15-24-19-13-9-18(10-14-19)22-21(23)17-7-11-20(12-8-17)25-16(3)5-2/h7-14,16H,4-6,15H2,1-3H3,(H,22,23). The van der Waals surface area contributed by atoms with E-state index in [1.807, 2.05) is 43.3 Å². The maximum absolute atomic E-state index is 12.3. The highest BCUT2D eigenvalue weighted by Gasteiger charge is 2.07. The van der Waals surface area contributed by atoms with Crippen LogP contribution >= 0.6 is 0 Å². The number of nitrogens with one attached hydrogen (secondary N) is 1. The molecule has 0 bridgehead atoms. The lowest BCUT2D eigenvalue weighted by molar-refractivity contribution is 0.102. The maximum atomic E-state index is 12.3. The second kappa shape index (κ2) is 9.72. The minimum absolute atomic E-state index is 0.144. The highest BCUT2D eigenvalue weighted by molar-refractivity contribution is 6.04. The highest BCUT2D eigenvalue weighted by Crippen LogP contribution is 2.18. The van der Waals surface area contributed by atoms with Crippen molar-refractivity contribution in [3.8, 4) is 11.5 Å². The summed E-state index contributed by atoms with van der Waals surface area (Å²) >= 11 is 0. The Morgan fingerprint density at radius 2 is 1.64 bits per heavy atom. The van der Waals surface area contributed by atoms with Gasteiger partial charge in [-0.1, -0.05) is 20.3 Å². The van der Waals surface area contributed by atoms with Gasteiger partial charge in [0.05, 0.1) is 12.7 Å². The molecule has 0 saturated carbocycles. The van der Waals surface area contributed by atoms with Crippen LogP contribution in [0.4, 0.5) is 5.69 Å². The van der Waals surface area contributed by atoms with Gasteiger partial charge in [0.25, 0.3) is 5.91 Å². The lowest BCUT2D eigenvalue weighted by Gasteiger charge is -2.13. The second-order valence-electron chi connectivity index (χ2n) is 6.04. The molecule has 134 valence electrons. The van der Waals surface area contributed by atoms with Crippen LogP contribution in [-0.2, 0) is 0 Å². The van der Waals surface area contributed by atoms with Crippen molar-refractivity contribution in [2.45, 2.75) is 46.1 Å². The Morgan fingerprint density at radius 1 is 1.00 bits per heavy atom. The normalized spacial score (nSPS) is 11.6. The van der Waals surface area contributed by atoms with E-state index in [2.05, 4.69) is 19.2 Å². The zero-order valence-electron chi connectivity index (χ0n) is 15.2. The summed E-state index contributed by atoms with van der Waals surface area (Å²) in [5.41, 5.74) is 1.34. The summed E-state index contributed by atoms with van der Waals surface area (Å²) in [6.45, 7) is 6.95. The summed E-state index contributed by atoms with van der Waals surface area (Å²) < 4.78 is 11.3. The van der Waals surface area contributed by atoms with E-state index in [4.69, 9.17) is 9.47 Å². The van der Waals surface area contributed by atoms with E-state index < -0.39 is 0 Å². The van der Waals surface area contributed by atoms with E-state index in [-0.39, 0.29) is 12.0 Å². The molecule has 1 amide bonds. The molecule has 25 heavy (non-hydrogen) atoms. The molecule has 0 radical (unpaired) electrons. The molecule has 2 aromatic carbocycles. The molecule has 0 spiro atoms. The van der Waals surface area contributed by atoms with Crippen LogP contribution in [0.15, 0.2) is 48.5 Å². The fraction of sp³-hybridized carbons (Fsp3) is 0.381. The van der Waals surface area contributed by atoms with E-state index in [0.717, 1.165) is 36.4 Å². The molecule has 1 N–H and O–H groups in total. The molecule has 2 rings (SSSR count). The average Bonchev–Trinajstić information content (AvgIpc) is 2.64. The van der Waals surface area contributed by atoms with Crippen LogP contribution in [0.3, 0.4) is 0 Å². The summed E-state index contributed by atoms with van der Waals surface area (Å²) in [4.78, 5) is 12.3. The van der Waals surface area contributed by atoms with Gasteiger partial charge in [0, 0.05) is 11.3 Å². The molecule has 1 unspecified atom stereocenters. The van der Waals surface area contributed by atoms with E-state index in [0.29, 0.717) is 12.2 Å². The zero-order chi connectivity index (χ0) is 18.1. The first-order valence-electron chi connectivity index (χ1n) is 8.93.